The molecule has 8 nitrogen and oxygen atoms in total. The average Bonchev–Trinajstić information content (AvgIpc) is 3.39. The zero-order valence-electron chi connectivity index (χ0n) is 14.6. The standard InChI is InChI=1S/C18H22N8/c1-2-4-13(5-3-1)26-11-21-15-16(22-12-6-7-12)24-18(25-17(15)26)23-14-10-19-8-9-20-14/h8-13H,1-7H2,(H2,20,22,23,24,25). The maximum atomic E-state index is 4.76. The van der Waals surface area contributed by atoms with Crippen molar-refractivity contribution in [3.8, 4) is 0 Å². The van der Waals surface area contributed by atoms with Crippen LogP contribution in [0.4, 0.5) is 17.6 Å². The molecule has 0 atom stereocenters. The molecule has 2 saturated carbocycles. The van der Waals surface area contributed by atoms with E-state index in [1.165, 1.54) is 44.9 Å². The first-order chi connectivity index (χ1) is 12.9. The van der Waals surface area contributed by atoms with Crippen molar-refractivity contribution >= 4 is 28.7 Å². The van der Waals surface area contributed by atoms with Gasteiger partial charge in [-0.1, -0.05) is 19.3 Å². The predicted octanol–water partition coefficient (Wildman–Crippen LogP) is 3.44. The fourth-order valence-corrected chi connectivity index (χ4v) is 3.60. The quantitative estimate of drug-likeness (QED) is 0.728. The van der Waals surface area contributed by atoms with Crippen LogP contribution >= 0.6 is 0 Å². The van der Waals surface area contributed by atoms with Crippen LogP contribution in [0.5, 0.6) is 0 Å². The molecule has 2 fully saturated rings. The Kier molecular flexibility index (Phi) is 3.88. The number of anilines is 3. The van der Waals surface area contributed by atoms with Crippen molar-refractivity contribution in [2.45, 2.75) is 57.0 Å². The van der Waals surface area contributed by atoms with Gasteiger partial charge >= 0.3 is 0 Å². The molecule has 2 aliphatic carbocycles. The van der Waals surface area contributed by atoms with Crippen LogP contribution in [-0.2, 0) is 0 Å². The molecule has 3 heterocycles. The van der Waals surface area contributed by atoms with Gasteiger partial charge in [0.2, 0.25) is 5.95 Å². The van der Waals surface area contributed by atoms with Crippen LogP contribution in [0.25, 0.3) is 11.2 Å². The van der Waals surface area contributed by atoms with Gasteiger partial charge in [0, 0.05) is 24.5 Å². The molecule has 26 heavy (non-hydrogen) atoms. The summed E-state index contributed by atoms with van der Waals surface area (Å²) in [7, 11) is 0. The fourth-order valence-electron chi connectivity index (χ4n) is 3.60. The second-order valence-corrected chi connectivity index (χ2v) is 7.15. The summed E-state index contributed by atoms with van der Waals surface area (Å²) in [6, 6.07) is 0.971. The van der Waals surface area contributed by atoms with Crippen molar-refractivity contribution in [3.63, 3.8) is 0 Å². The summed E-state index contributed by atoms with van der Waals surface area (Å²) in [4.78, 5) is 22.4. The van der Waals surface area contributed by atoms with Crippen LogP contribution < -0.4 is 10.6 Å². The molecule has 0 aromatic carbocycles. The summed E-state index contributed by atoms with van der Waals surface area (Å²) in [5.41, 5.74) is 1.74. The number of rotatable bonds is 5. The molecule has 0 radical (unpaired) electrons. The van der Waals surface area contributed by atoms with E-state index in [9.17, 15) is 0 Å². The monoisotopic (exact) mass is 350 g/mol. The van der Waals surface area contributed by atoms with Crippen LogP contribution in [0.2, 0.25) is 0 Å². The normalized spacial score (nSPS) is 18.2. The summed E-state index contributed by atoms with van der Waals surface area (Å²) < 4.78 is 2.23. The molecule has 0 bridgehead atoms. The van der Waals surface area contributed by atoms with Crippen LogP contribution in [0.15, 0.2) is 24.9 Å². The van der Waals surface area contributed by atoms with E-state index in [1.54, 1.807) is 18.6 Å². The predicted molar refractivity (Wildman–Crippen MR) is 99.4 cm³/mol. The number of hydrogen-bond acceptors (Lipinski definition) is 7. The molecule has 134 valence electrons. The van der Waals surface area contributed by atoms with E-state index in [1.807, 2.05) is 6.33 Å². The molecule has 0 saturated heterocycles. The zero-order chi connectivity index (χ0) is 17.3. The van der Waals surface area contributed by atoms with Crippen molar-refractivity contribution in [1.29, 1.82) is 0 Å². The third kappa shape index (κ3) is 3.07. The van der Waals surface area contributed by atoms with Gasteiger partial charge in [-0.05, 0) is 25.7 Å². The van der Waals surface area contributed by atoms with Gasteiger partial charge in [0.25, 0.3) is 0 Å². The van der Waals surface area contributed by atoms with E-state index in [4.69, 9.17) is 4.98 Å². The number of nitrogens with zero attached hydrogens (tertiary/aromatic N) is 6. The summed E-state index contributed by atoms with van der Waals surface area (Å²) in [5.74, 6) is 1.96. The van der Waals surface area contributed by atoms with Crippen LogP contribution in [0, 0.1) is 0 Å². The van der Waals surface area contributed by atoms with Crippen LogP contribution in [0.1, 0.15) is 51.0 Å². The van der Waals surface area contributed by atoms with Crippen molar-refractivity contribution < 1.29 is 0 Å². The molecule has 8 heteroatoms. The Hall–Kier alpha value is -2.77. The molecule has 5 rings (SSSR count). The lowest BCUT2D eigenvalue weighted by Crippen LogP contribution is -2.13. The van der Waals surface area contributed by atoms with Crippen molar-refractivity contribution in [1.82, 2.24) is 29.5 Å². The van der Waals surface area contributed by atoms with Gasteiger partial charge in [-0.3, -0.25) is 4.98 Å². The summed E-state index contributed by atoms with van der Waals surface area (Å²) in [6.45, 7) is 0. The fraction of sp³-hybridized carbons (Fsp3) is 0.500. The summed E-state index contributed by atoms with van der Waals surface area (Å²) in [5, 5.41) is 6.67. The number of fused-ring (bicyclic) bond motifs is 1. The molecule has 3 aromatic rings. The van der Waals surface area contributed by atoms with Crippen molar-refractivity contribution in [2.75, 3.05) is 10.6 Å². The maximum Gasteiger partial charge on any atom is 0.232 e. The summed E-state index contributed by atoms with van der Waals surface area (Å²) >= 11 is 0. The Labute approximate surface area is 151 Å². The molecular weight excluding hydrogens is 328 g/mol. The van der Waals surface area contributed by atoms with E-state index >= 15 is 0 Å². The van der Waals surface area contributed by atoms with Gasteiger partial charge in [0.05, 0.1) is 12.5 Å². The highest BCUT2D eigenvalue weighted by Crippen LogP contribution is 2.33. The highest BCUT2D eigenvalue weighted by Gasteiger charge is 2.25. The first-order valence-electron chi connectivity index (χ1n) is 9.41. The van der Waals surface area contributed by atoms with E-state index in [0.29, 0.717) is 23.8 Å². The second-order valence-electron chi connectivity index (χ2n) is 7.15. The number of nitrogens with one attached hydrogen (secondary N) is 2. The Morgan fingerprint density at radius 1 is 0.962 bits per heavy atom. The Bertz CT molecular complexity index is 896. The van der Waals surface area contributed by atoms with E-state index < -0.39 is 0 Å². The Balaban J connectivity index is 1.55. The largest absolute Gasteiger partial charge is 0.365 e. The van der Waals surface area contributed by atoms with Gasteiger partial charge in [-0.25, -0.2) is 9.97 Å². The molecule has 0 unspecified atom stereocenters. The molecular formula is C18H22N8. The second kappa shape index (κ2) is 6.51. The lowest BCUT2D eigenvalue weighted by atomic mass is 9.95. The number of hydrogen-bond donors (Lipinski definition) is 2. The Morgan fingerprint density at radius 2 is 1.85 bits per heavy atom. The van der Waals surface area contributed by atoms with Gasteiger partial charge < -0.3 is 15.2 Å². The zero-order valence-corrected chi connectivity index (χ0v) is 14.6. The number of imidazole rings is 1. The van der Waals surface area contributed by atoms with Crippen LogP contribution in [-0.4, -0.2) is 35.5 Å². The highest BCUT2D eigenvalue weighted by molar-refractivity contribution is 5.85. The maximum absolute atomic E-state index is 4.76. The molecule has 2 aliphatic rings. The highest BCUT2D eigenvalue weighted by atomic mass is 15.2. The average molecular weight is 350 g/mol. The SMILES string of the molecule is c1cnc(Nc2nc(NC3CC3)c3ncn(C4CCCCC4)c3n2)cn1. The third-order valence-corrected chi connectivity index (χ3v) is 5.11. The van der Waals surface area contributed by atoms with Gasteiger partial charge in [-0.15, -0.1) is 0 Å². The minimum atomic E-state index is 0.474. The molecule has 0 amide bonds. The first kappa shape index (κ1) is 15.5. The van der Waals surface area contributed by atoms with Crippen molar-refractivity contribution in [2.24, 2.45) is 0 Å². The topological polar surface area (TPSA) is 93.4 Å². The third-order valence-electron chi connectivity index (χ3n) is 5.11. The molecule has 2 N–H and O–H groups in total. The van der Waals surface area contributed by atoms with Gasteiger partial charge in [0.15, 0.2) is 22.8 Å². The van der Waals surface area contributed by atoms with E-state index in [0.717, 1.165) is 17.0 Å². The minimum absolute atomic E-state index is 0.474. The first-order valence-corrected chi connectivity index (χ1v) is 9.41. The van der Waals surface area contributed by atoms with E-state index in [-0.39, 0.29) is 0 Å². The summed E-state index contributed by atoms with van der Waals surface area (Å²) in [6.07, 6.45) is 15.5. The molecule has 0 aliphatic heterocycles. The van der Waals surface area contributed by atoms with Gasteiger partial charge in [0.1, 0.15) is 0 Å². The Morgan fingerprint density at radius 3 is 2.62 bits per heavy atom. The number of aromatic nitrogens is 6. The smallest absolute Gasteiger partial charge is 0.232 e. The lowest BCUT2D eigenvalue weighted by molar-refractivity contribution is 0.358. The van der Waals surface area contributed by atoms with Gasteiger partial charge in [-0.2, -0.15) is 9.97 Å². The van der Waals surface area contributed by atoms with Crippen molar-refractivity contribution in [3.05, 3.63) is 24.9 Å². The van der Waals surface area contributed by atoms with Crippen LogP contribution in [0.3, 0.4) is 0 Å². The van der Waals surface area contributed by atoms with E-state index in [2.05, 4.69) is 35.1 Å². The lowest BCUT2D eigenvalue weighted by Gasteiger charge is -2.23. The molecule has 0 spiro atoms. The minimum Gasteiger partial charge on any atom is -0.365 e. The molecule has 3 aromatic heterocycles.